The second kappa shape index (κ2) is 6.56. The number of rotatable bonds is 3. The van der Waals surface area contributed by atoms with Gasteiger partial charge in [0.1, 0.15) is 5.75 Å². The number of hydrogen-bond acceptors (Lipinski definition) is 3. The fourth-order valence-corrected chi connectivity index (χ4v) is 2.55. The molecule has 22 heavy (non-hydrogen) atoms. The molecule has 1 saturated heterocycles. The molecular formula is C15H19F3N2O2. The van der Waals surface area contributed by atoms with Gasteiger partial charge in [0.15, 0.2) is 6.61 Å². The van der Waals surface area contributed by atoms with Crippen LogP contribution in [0.25, 0.3) is 0 Å². The van der Waals surface area contributed by atoms with Crippen LogP contribution >= 0.6 is 0 Å². The molecule has 0 spiro atoms. The molecule has 4 nitrogen and oxygen atoms in total. The van der Waals surface area contributed by atoms with E-state index in [0.717, 1.165) is 25.0 Å². The smallest absolute Gasteiger partial charge is 0.416 e. The van der Waals surface area contributed by atoms with E-state index in [9.17, 15) is 18.0 Å². The molecule has 2 N–H and O–H groups in total. The lowest BCUT2D eigenvalue weighted by Crippen LogP contribution is -2.49. The van der Waals surface area contributed by atoms with Gasteiger partial charge in [0.05, 0.1) is 5.56 Å². The van der Waals surface area contributed by atoms with Gasteiger partial charge in [-0.15, -0.1) is 0 Å². The van der Waals surface area contributed by atoms with Crippen LogP contribution in [0, 0.1) is 0 Å². The van der Waals surface area contributed by atoms with Gasteiger partial charge in [-0.25, -0.2) is 0 Å². The van der Waals surface area contributed by atoms with Crippen molar-refractivity contribution in [2.75, 3.05) is 13.2 Å². The molecule has 0 aromatic heterocycles. The maximum Gasteiger partial charge on any atom is 0.416 e. The number of carbonyl (C=O) groups excluding carboxylic acids is 1. The Morgan fingerprint density at radius 2 is 2.00 bits per heavy atom. The summed E-state index contributed by atoms with van der Waals surface area (Å²) in [4.78, 5) is 13.8. The highest BCUT2D eigenvalue weighted by atomic mass is 19.4. The molecule has 0 radical (unpaired) electrons. The summed E-state index contributed by atoms with van der Waals surface area (Å²) >= 11 is 0. The number of halogens is 3. The Labute approximate surface area is 127 Å². The first-order chi connectivity index (χ1) is 10.3. The van der Waals surface area contributed by atoms with E-state index >= 15 is 0 Å². The average molecular weight is 316 g/mol. The number of nitrogens with zero attached hydrogens (tertiary/aromatic N) is 1. The Balaban J connectivity index is 1.88. The van der Waals surface area contributed by atoms with E-state index in [0.29, 0.717) is 6.54 Å². The van der Waals surface area contributed by atoms with Gasteiger partial charge in [0.2, 0.25) is 0 Å². The molecule has 0 aliphatic carbocycles. The number of ether oxygens (including phenoxy) is 1. The van der Waals surface area contributed by atoms with Crippen LogP contribution in [-0.4, -0.2) is 36.0 Å². The van der Waals surface area contributed by atoms with Crippen molar-refractivity contribution in [1.29, 1.82) is 0 Å². The Morgan fingerprint density at radius 3 is 2.55 bits per heavy atom. The molecule has 1 aliphatic heterocycles. The van der Waals surface area contributed by atoms with Crippen molar-refractivity contribution in [2.45, 2.75) is 38.0 Å². The van der Waals surface area contributed by atoms with Crippen LogP contribution in [0.15, 0.2) is 24.3 Å². The summed E-state index contributed by atoms with van der Waals surface area (Å²) in [6.45, 7) is 2.32. The molecule has 1 aromatic rings. The first-order valence-electron chi connectivity index (χ1n) is 7.12. The molecule has 0 bridgehead atoms. The van der Waals surface area contributed by atoms with Crippen LogP contribution in [0.1, 0.15) is 25.3 Å². The predicted molar refractivity (Wildman–Crippen MR) is 75.3 cm³/mol. The summed E-state index contributed by atoms with van der Waals surface area (Å²) in [5.74, 6) is 0.0574. The molecule has 122 valence electrons. The van der Waals surface area contributed by atoms with Gasteiger partial charge in [0, 0.05) is 18.6 Å². The third kappa shape index (κ3) is 4.13. The van der Waals surface area contributed by atoms with Crippen molar-refractivity contribution in [1.82, 2.24) is 4.90 Å². The number of likely N-dealkylation sites (tertiary alicyclic amines) is 1. The molecule has 1 aliphatic rings. The Bertz CT molecular complexity index is 517. The summed E-state index contributed by atoms with van der Waals surface area (Å²) in [5.41, 5.74) is 5.10. The summed E-state index contributed by atoms with van der Waals surface area (Å²) < 4.78 is 42.6. The minimum atomic E-state index is -4.38. The van der Waals surface area contributed by atoms with E-state index in [2.05, 4.69) is 0 Å². The molecular weight excluding hydrogens is 297 g/mol. The first kappa shape index (κ1) is 16.6. The SMILES string of the molecule is C[C@H]1C[C@H](N)CCN1C(=O)COc1ccc(C(F)(F)F)cc1. The van der Waals surface area contributed by atoms with Gasteiger partial charge in [-0.1, -0.05) is 0 Å². The molecule has 1 fully saturated rings. The van der Waals surface area contributed by atoms with Crippen LogP contribution in [0.3, 0.4) is 0 Å². The Morgan fingerprint density at radius 1 is 1.36 bits per heavy atom. The minimum absolute atomic E-state index is 0.0486. The highest BCUT2D eigenvalue weighted by Gasteiger charge is 2.30. The van der Waals surface area contributed by atoms with Crippen LogP contribution in [0.5, 0.6) is 5.75 Å². The van der Waals surface area contributed by atoms with Gasteiger partial charge in [0.25, 0.3) is 5.91 Å². The minimum Gasteiger partial charge on any atom is -0.484 e. The second-order valence-corrected chi connectivity index (χ2v) is 5.53. The van der Waals surface area contributed by atoms with Crippen LogP contribution < -0.4 is 10.5 Å². The zero-order valence-electron chi connectivity index (χ0n) is 12.3. The lowest BCUT2D eigenvalue weighted by atomic mass is 9.99. The Hall–Kier alpha value is -1.76. The number of amides is 1. The van der Waals surface area contributed by atoms with Crippen molar-refractivity contribution in [3.63, 3.8) is 0 Å². The highest BCUT2D eigenvalue weighted by molar-refractivity contribution is 5.78. The van der Waals surface area contributed by atoms with Crippen molar-refractivity contribution < 1.29 is 22.7 Å². The number of benzene rings is 1. The van der Waals surface area contributed by atoms with E-state index in [1.165, 1.54) is 12.1 Å². The van der Waals surface area contributed by atoms with Crippen LogP contribution in [0.2, 0.25) is 0 Å². The Kier molecular flexibility index (Phi) is 4.95. The monoisotopic (exact) mass is 316 g/mol. The molecule has 7 heteroatoms. The number of piperidine rings is 1. The van der Waals surface area contributed by atoms with Crippen molar-refractivity contribution >= 4 is 5.91 Å². The van der Waals surface area contributed by atoms with Gasteiger partial charge in [-0.3, -0.25) is 4.79 Å². The fourth-order valence-electron chi connectivity index (χ4n) is 2.55. The second-order valence-electron chi connectivity index (χ2n) is 5.53. The highest BCUT2D eigenvalue weighted by Crippen LogP contribution is 2.30. The number of nitrogens with two attached hydrogens (primary N) is 1. The summed E-state index contributed by atoms with van der Waals surface area (Å²) in [5, 5.41) is 0. The van der Waals surface area contributed by atoms with E-state index in [4.69, 9.17) is 10.5 Å². The number of hydrogen-bond donors (Lipinski definition) is 1. The zero-order valence-corrected chi connectivity index (χ0v) is 12.3. The third-order valence-electron chi connectivity index (χ3n) is 3.78. The van der Waals surface area contributed by atoms with Crippen LogP contribution in [0.4, 0.5) is 13.2 Å². The summed E-state index contributed by atoms with van der Waals surface area (Å²) in [6.07, 6.45) is -2.89. The standard InChI is InChI=1S/C15H19F3N2O2/c1-10-8-12(19)6-7-20(10)14(21)9-22-13-4-2-11(3-5-13)15(16,17)18/h2-5,10,12H,6-9,19H2,1H3/t10-,12+/m0/s1. The van der Waals surface area contributed by atoms with Gasteiger partial charge < -0.3 is 15.4 Å². The number of alkyl halides is 3. The van der Waals surface area contributed by atoms with E-state index < -0.39 is 11.7 Å². The largest absolute Gasteiger partial charge is 0.484 e. The maximum atomic E-state index is 12.4. The van der Waals surface area contributed by atoms with Crippen molar-refractivity contribution in [2.24, 2.45) is 5.73 Å². The maximum absolute atomic E-state index is 12.4. The van der Waals surface area contributed by atoms with Crippen LogP contribution in [-0.2, 0) is 11.0 Å². The number of carbonyl (C=O) groups is 1. The predicted octanol–water partition coefficient (Wildman–Crippen LogP) is 2.42. The third-order valence-corrected chi connectivity index (χ3v) is 3.78. The zero-order chi connectivity index (χ0) is 16.3. The van der Waals surface area contributed by atoms with Gasteiger partial charge in [-0.2, -0.15) is 13.2 Å². The summed E-state index contributed by atoms with van der Waals surface area (Å²) in [6, 6.07) is 4.45. The molecule has 1 amide bonds. The summed E-state index contributed by atoms with van der Waals surface area (Å²) in [7, 11) is 0. The lowest BCUT2D eigenvalue weighted by molar-refractivity contribution is -0.138. The van der Waals surface area contributed by atoms with Gasteiger partial charge in [-0.05, 0) is 44.0 Å². The van der Waals surface area contributed by atoms with E-state index in [1.54, 1.807) is 4.90 Å². The average Bonchev–Trinajstić information content (AvgIpc) is 2.44. The van der Waals surface area contributed by atoms with Gasteiger partial charge >= 0.3 is 6.18 Å². The topological polar surface area (TPSA) is 55.6 Å². The molecule has 2 atom stereocenters. The van der Waals surface area contributed by atoms with E-state index in [1.807, 2.05) is 6.92 Å². The fraction of sp³-hybridized carbons (Fsp3) is 0.533. The normalized spacial score (nSPS) is 22.5. The molecule has 0 unspecified atom stereocenters. The lowest BCUT2D eigenvalue weighted by Gasteiger charge is -2.36. The molecule has 1 heterocycles. The molecule has 0 saturated carbocycles. The molecule has 2 rings (SSSR count). The van der Waals surface area contributed by atoms with Crippen molar-refractivity contribution in [3.8, 4) is 5.75 Å². The first-order valence-corrected chi connectivity index (χ1v) is 7.12. The molecule has 1 aromatic carbocycles. The quantitative estimate of drug-likeness (QED) is 0.932. The van der Waals surface area contributed by atoms with Crippen molar-refractivity contribution in [3.05, 3.63) is 29.8 Å². The van der Waals surface area contributed by atoms with E-state index in [-0.39, 0.29) is 30.3 Å².